The zero-order chi connectivity index (χ0) is 13.4. The molecule has 1 aliphatic rings. The Kier molecular flexibility index (Phi) is 3.17. The molecule has 5 nitrogen and oxygen atoms in total. The molecule has 2 amide bonds. The molecule has 1 unspecified atom stereocenters. The van der Waals surface area contributed by atoms with Gasteiger partial charge in [-0.2, -0.15) is 0 Å². The maximum absolute atomic E-state index is 12.0. The smallest absolute Gasteiger partial charge is 0.328 e. The topological polar surface area (TPSA) is 60.9 Å². The number of carboxylic acids is 1. The number of carboxylic acid groups (broad SMARTS) is 1. The lowest BCUT2D eigenvalue weighted by molar-refractivity contribution is -0.140. The summed E-state index contributed by atoms with van der Waals surface area (Å²) in [4.78, 5) is 25.7. The van der Waals surface area contributed by atoms with E-state index in [2.05, 4.69) is 0 Å². The van der Waals surface area contributed by atoms with E-state index in [0.29, 0.717) is 10.7 Å². The number of benzene rings is 1. The highest BCUT2D eigenvalue weighted by molar-refractivity contribution is 6.31. The lowest BCUT2D eigenvalue weighted by Crippen LogP contribution is -2.36. The molecule has 1 fully saturated rings. The molecular weight excluding hydrogens is 256 g/mol. The second kappa shape index (κ2) is 4.49. The first kappa shape index (κ1) is 12.7. The van der Waals surface area contributed by atoms with E-state index in [4.69, 9.17) is 16.7 Å². The van der Waals surface area contributed by atoms with Crippen LogP contribution in [0.1, 0.15) is 5.56 Å². The summed E-state index contributed by atoms with van der Waals surface area (Å²) in [5, 5.41) is 9.60. The molecule has 18 heavy (non-hydrogen) atoms. The molecule has 0 aromatic heterocycles. The highest BCUT2D eigenvalue weighted by Gasteiger charge is 2.40. The van der Waals surface area contributed by atoms with Crippen molar-refractivity contribution in [2.24, 2.45) is 0 Å². The maximum Gasteiger partial charge on any atom is 0.328 e. The first-order valence-corrected chi connectivity index (χ1v) is 5.83. The first-order valence-electron chi connectivity index (χ1n) is 5.45. The summed E-state index contributed by atoms with van der Waals surface area (Å²) >= 11 is 6.01. The minimum atomic E-state index is -1.01. The Labute approximate surface area is 110 Å². The molecule has 0 aliphatic carbocycles. The molecule has 1 aliphatic heterocycles. The van der Waals surface area contributed by atoms with Crippen LogP contribution in [-0.4, -0.2) is 41.6 Å². The van der Waals surface area contributed by atoms with Crippen LogP contribution in [-0.2, 0) is 4.79 Å². The summed E-state index contributed by atoms with van der Waals surface area (Å²) in [6, 6.07) is 4.09. The number of carbonyl (C=O) groups is 2. The van der Waals surface area contributed by atoms with Crippen LogP contribution < -0.4 is 4.90 Å². The number of aliphatic carboxylic acids is 1. The molecule has 0 radical (unpaired) electrons. The number of amides is 2. The van der Waals surface area contributed by atoms with Crippen molar-refractivity contribution in [3.63, 3.8) is 0 Å². The largest absolute Gasteiger partial charge is 0.480 e. The average molecular weight is 269 g/mol. The lowest BCUT2D eigenvalue weighted by Gasteiger charge is -2.18. The summed E-state index contributed by atoms with van der Waals surface area (Å²) in [6.07, 6.45) is 0. The third-order valence-electron chi connectivity index (χ3n) is 3.17. The highest BCUT2D eigenvalue weighted by Crippen LogP contribution is 2.30. The van der Waals surface area contributed by atoms with Gasteiger partial charge in [-0.05, 0) is 24.6 Å². The van der Waals surface area contributed by atoms with Crippen molar-refractivity contribution in [1.82, 2.24) is 4.90 Å². The predicted molar refractivity (Wildman–Crippen MR) is 68.1 cm³/mol. The minimum absolute atomic E-state index is 0.131. The van der Waals surface area contributed by atoms with Crippen LogP contribution >= 0.6 is 11.6 Å². The van der Waals surface area contributed by atoms with E-state index in [9.17, 15) is 9.59 Å². The zero-order valence-electron chi connectivity index (χ0n) is 10.1. The van der Waals surface area contributed by atoms with Gasteiger partial charge in [0.2, 0.25) is 0 Å². The minimum Gasteiger partial charge on any atom is -0.480 e. The molecule has 1 saturated heterocycles. The van der Waals surface area contributed by atoms with Gasteiger partial charge in [-0.15, -0.1) is 0 Å². The number of urea groups is 1. The number of likely N-dealkylation sites (N-methyl/N-ethyl adjacent to an activating group) is 1. The fraction of sp³-hybridized carbons (Fsp3) is 0.333. The van der Waals surface area contributed by atoms with Gasteiger partial charge in [0.05, 0.1) is 6.54 Å². The van der Waals surface area contributed by atoms with Crippen LogP contribution in [0.4, 0.5) is 10.5 Å². The second-order valence-corrected chi connectivity index (χ2v) is 4.65. The average Bonchev–Trinajstić information content (AvgIpc) is 2.61. The van der Waals surface area contributed by atoms with Crippen LogP contribution in [0.15, 0.2) is 18.2 Å². The Bertz CT molecular complexity index is 518. The predicted octanol–water partition coefficient (Wildman–Crippen LogP) is 1.97. The molecule has 6 heteroatoms. The Hall–Kier alpha value is -1.75. The Morgan fingerprint density at radius 2 is 2.17 bits per heavy atom. The number of carbonyl (C=O) groups excluding carboxylic acids is 1. The van der Waals surface area contributed by atoms with Crippen LogP contribution in [0.2, 0.25) is 5.02 Å². The molecule has 96 valence electrons. The summed E-state index contributed by atoms with van der Waals surface area (Å²) < 4.78 is 0. The van der Waals surface area contributed by atoms with Gasteiger partial charge in [0.25, 0.3) is 0 Å². The van der Waals surface area contributed by atoms with Gasteiger partial charge in [0, 0.05) is 17.8 Å². The summed E-state index contributed by atoms with van der Waals surface area (Å²) in [5.74, 6) is -1.01. The van der Waals surface area contributed by atoms with Gasteiger partial charge in [-0.25, -0.2) is 9.59 Å². The highest BCUT2D eigenvalue weighted by atomic mass is 35.5. The van der Waals surface area contributed by atoms with E-state index in [1.165, 1.54) is 16.8 Å². The van der Waals surface area contributed by atoms with Gasteiger partial charge >= 0.3 is 12.0 Å². The monoisotopic (exact) mass is 268 g/mol. The van der Waals surface area contributed by atoms with Gasteiger partial charge in [-0.1, -0.05) is 17.7 Å². The summed E-state index contributed by atoms with van der Waals surface area (Å²) in [5.41, 5.74) is 1.43. The molecule has 1 N–H and O–H groups in total. The molecule has 2 rings (SSSR count). The van der Waals surface area contributed by atoms with Crippen molar-refractivity contribution in [2.75, 3.05) is 18.5 Å². The zero-order valence-corrected chi connectivity index (χ0v) is 10.8. The number of rotatable bonds is 2. The second-order valence-electron chi connectivity index (χ2n) is 4.24. The Morgan fingerprint density at radius 3 is 2.72 bits per heavy atom. The van der Waals surface area contributed by atoms with E-state index in [1.54, 1.807) is 25.1 Å². The molecule has 0 spiro atoms. The molecule has 1 aromatic carbocycles. The van der Waals surface area contributed by atoms with Crippen LogP contribution in [0, 0.1) is 6.92 Å². The van der Waals surface area contributed by atoms with Gasteiger partial charge < -0.3 is 10.0 Å². The number of hydrogen-bond acceptors (Lipinski definition) is 2. The van der Waals surface area contributed by atoms with E-state index in [1.807, 2.05) is 0 Å². The van der Waals surface area contributed by atoms with E-state index in [-0.39, 0.29) is 12.6 Å². The molecular formula is C12H13ClN2O3. The van der Waals surface area contributed by atoms with Crippen molar-refractivity contribution in [1.29, 1.82) is 0 Å². The Morgan fingerprint density at radius 1 is 1.50 bits per heavy atom. The van der Waals surface area contributed by atoms with Crippen molar-refractivity contribution in [3.8, 4) is 0 Å². The Balaban J connectivity index is 2.38. The lowest BCUT2D eigenvalue weighted by atomic mass is 10.2. The molecule has 1 heterocycles. The number of hydrogen-bond donors (Lipinski definition) is 1. The van der Waals surface area contributed by atoms with Crippen LogP contribution in [0.3, 0.4) is 0 Å². The quantitative estimate of drug-likeness (QED) is 0.892. The van der Waals surface area contributed by atoms with Gasteiger partial charge in [-0.3, -0.25) is 4.90 Å². The van der Waals surface area contributed by atoms with Crippen LogP contribution in [0.25, 0.3) is 0 Å². The third-order valence-corrected chi connectivity index (χ3v) is 3.58. The fourth-order valence-electron chi connectivity index (χ4n) is 2.03. The SMILES string of the molecule is Cc1c(Cl)cccc1N1CC(C(=O)O)N(C)C1=O. The first-order chi connectivity index (χ1) is 8.43. The molecule has 1 aromatic rings. The summed E-state index contributed by atoms with van der Waals surface area (Å²) in [7, 11) is 1.49. The van der Waals surface area contributed by atoms with E-state index < -0.39 is 12.0 Å². The van der Waals surface area contributed by atoms with Gasteiger partial charge in [0.15, 0.2) is 0 Å². The maximum atomic E-state index is 12.0. The number of anilines is 1. The fourth-order valence-corrected chi connectivity index (χ4v) is 2.20. The number of halogens is 1. The summed E-state index contributed by atoms with van der Waals surface area (Å²) in [6.45, 7) is 1.94. The third kappa shape index (κ3) is 1.90. The molecule has 0 saturated carbocycles. The van der Waals surface area contributed by atoms with Crippen molar-refractivity contribution >= 4 is 29.3 Å². The molecule has 1 atom stereocenters. The van der Waals surface area contributed by atoms with E-state index >= 15 is 0 Å². The van der Waals surface area contributed by atoms with Crippen molar-refractivity contribution < 1.29 is 14.7 Å². The van der Waals surface area contributed by atoms with Crippen LogP contribution in [0.5, 0.6) is 0 Å². The van der Waals surface area contributed by atoms with Crippen molar-refractivity contribution in [2.45, 2.75) is 13.0 Å². The van der Waals surface area contributed by atoms with E-state index in [0.717, 1.165) is 5.56 Å². The standard InChI is InChI=1S/C12H13ClN2O3/c1-7-8(13)4-3-5-9(7)15-6-10(11(16)17)14(2)12(15)18/h3-5,10H,6H2,1-2H3,(H,16,17). The van der Waals surface area contributed by atoms with Gasteiger partial charge in [0.1, 0.15) is 6.04 Å². The normalized spacial score (nSPS) is 19.5. The molecule has 0 bridgehead atoms. The number of nitrogens with zero attached hydrogens (tertiary/aromatic N) is 2. The van der Waals surface area contributed by atoms with Crippen molar-refractivity contribution in [3.05, 3.63) is 28.8 Å².